The minimum absolute atomic E-state index is 0.00119. The van der Waals surface area contributed by atoms with Crippen molar-refractivity contribution in [3.8, 4) is 0 Å². The second-order valence-electron chi connectivity index (χ2n) is 8.53. The predicted molar refractivity (Wildman–Crippen MR) is 119 cm³/mol. The molecule has 4 rings (SSSR count). The molecule has 7 nitrogen and oxygen atoms in total. The van der Waals surface area contributed by atoms with E-state index in [0.29, 0.717) is 25.7 Å². The number of allylic oxidation sites excluding steroid dienone is 2. The van der Waals surface area contributed by atoms with Crippen molar-refractivity contribution in [3.63, 3.8) is 0 Å². The number of rotatable bonds is 9. The zero-order chi connectivity index (χ0) is 21.8. The SMILES string of the molecule is CN=C(NCCCOC(C)c1ccccc1)NCCN1C(=O)C2C3C=CC(C3)C2C1=O. The first-order chi connectivity index (χ1) is 15.1. The number of ether oxygens (including phenoxy) is 1. The summed E-state index contributed by atoms with van der Waals surface area (Å²) in [5.74, 6) is 0.924. The lowest BCUT2D eigenvalue weighted by Crippen LogP contribution is -2.44. The largest absolute Gasteiger partial charge is 0.374 e. The lowest BCUT2D eigenvalue weighted by Gasteiger charge is -2.19. The highest BCUT2D eigenvalue weighted by Gasteiger charge is 2.58. The molecular weight excluding hydrogens is 392 g/mol. The lowest BCUT2D eigenvalue weighted by molar-refractivity contribution is -0.140. The van der Waals surface area contributed by atoms with Crippen LogP contribution in [-0.2, 0) is 14.3 Å². The van der Waals surface area contributed by atoms with Crippen LogP contribution < -0.4 is 10.6 Å². The molecule has 2 N–H and O–H groups in total. The van der Waals surface area contributed by atoms with E-state index in [1.165, 1.54) is 10.5 Å². The first-order valence-electron chi connectivity index (χ1n) is 11.2. The van der Waals surface area contributed by atoms with Crippen LogP contribution in [0.3, 0.4) is 0 Å². The second-order valence-corrected chi connectivity index (χ2v) is 8.53. The maximum Gasteiger partial charge on any atom is 0.233 e. The minimum Gasteiger partial charge on any atom is -0.374 e. The number of imide groups is 1. The molecule has 0 spiro atoms. The van der Waals surface area contributed by atoms with Crippen LogP contribution in [0, 0.1) is 23.7 Å². The summed E-state index contributed by atoms with van der Waals surface area (Å²) < 4.78 is 5.89. The molecule has 2 bridgehead atoms. The topological polar surface area (TPSA) is 83.0 Å². The summed E-state index contributed by atoms with van der Waals surface area (Å²) in [7, 11) is 1.71. The van der Waals surface area contributed by atoms with Crippen LogP contribution in [-0.4, -0.2) is 56.0 Å². The number of carbonyl (C=O) groups excluding carboxylic acids is 2. The van der Waals surface area contributed by atoms with Gasteiger partial charge in [-0.2, -0.15) is 0 Å². The van der Waals surface area contributed by atoms with Gasteiger partial charge in [0, 0.05) is 33.3 Å². The molecule has 5 unspecified atom stereocenters. The summed E-state index contributed by atoms with van der Waals surface area (Å²) >= 11 is 0. The van der Waals surface area contributed by atoms with Gasteiger partial charge in [-0.05, 0) is 37.2 Å². The van der Waals surface area contributed by atoms with Crippen LogP contribution in [0.15, 0.2) is 47.5 Å². The van der Waals surface area contributed by atoms with Crippen LogP contribution in [0.2, 0.25) is 0 Å². The standard InChI is InChI=1S/C24H32N4O3/c1-16(17-7-4-3-5-8-17)31-14-6-11-26-24(25-2)27-12-13-28-22(29)20-18-9-10-19(15-18)21(20)23(28)30/h3-5,7-10,16,18-21H,6,11-15H2,1-2H3,(H2,25,26,27). The average molecular weight is 425 g/mol. The Morgan fingerprint density at radius 2 is 1.74 bits per heavy atom. The third kappa shape index (κ3) is 4.51. The normalized spacial score (nSPS) is 27.7. The number of amides is 2. The third-order valence-corrected chi connectivity index (χ3v) is 6.66. The molecule has 31 heavy (non-hydrogen) atoms. The number of carbonyl (C=O) groups is 2. The zero-order valence-electron chi connectivity index (χ0n) is 18.3. The Bertz CT molecular complexity index is 824. The fraction of sp³-hybridized carbons (Fsp3) is 0.542. The van der Waals surface area contributed by atoms with Gasteiger partial charge in [-0.15, -0.1) is 0 Å². The molecule has 3 aliphatic rings. The van der Waals surface area contributed by atoms with Crippen molar-refractivity contribution in [2.45, 2.75) is 25.9 Å². The summed E-state index contributed by atoms with van der Waals surface area (Å²) in [5.41, 5.74) is 1.17. The van der Waals surface area contributed by atoms with Gasteiger partial charge in [0.15, 0.2) is 5.96 Å². The Kier molecular flexibility index (Phi) is 6.70. The van der Waals surface area contributed by atoms with Gasteiger partial charge >= 0.3 is 0 Å². The number of likely N-dealkylation sites (tertiary alicyclic amines) is 1. The van der Waals surface area contributed by atoms with Crippen LogP contribution in [0.5, 0.6) is 0 Å². The van der Waals surface area contributed by atoms with E-state index >= 15 is 0 Å². The highest BCUT2D eigenvalue weighted by Crippen LogP contribution is 2.52. The summed E-state index contributed by atoms with van der Waals surface area (Å²) in [6.07, 6.45) is 6.12. The maximum absolute atomic E-state index is 12.7. The zero-order valence-corrected chi connectivity index (χ0v) is 18.3. The molecule has 1 aliphatic heterocycles. The quantitative estimate of drug-likeness (QED) is 0.209. The third-order valence-electron chi connectivity index (χ3n) is 6.66. The molecule has 7 heteroatoms. The molecule has 1 heterocycles. The summed E-state index contributed by atoms with van der Waals surface area (Å²) in [6, 6.07) is 10.2. The van der Waals surface area contributed by atoms with E-state index in [9.17, 15) is 9.59 Å². The molecule has 1 saturated heterocycles. The fourth-order valence-corrected chi connectivity index (χ4v) is 5.05. The van der Waals surface area contributed by atoms with Gasteiger partial charge in [-0.1, -0.05) is 42.5 Å². The highest BCUT2D eigenvalue weighted by molar-refractivity contribution is 6.06. The summed E-state index contributed by atoms with van der Waals surface area (Å²) in [6.45, 7) is 4.29. The van der Waals surface area contributed by atoms with E-state index in [4.69, 9.17) is 4.74 Å². The summed E-state index contributed by atoms with van der Waals surface area (Å²) in [5, 5.41) is 6.46. The van der Waals surface area contributed by atoms with Crippen molar-refractivity contribution >= 4 is 17.8 Å². The molecule has 5 atom stereocenters. The van der Waals surface area contributed by atoms with Gasteiger partial charge in [0.2, 0.25) is 11.8 Å². The van der Waals surface area contributed by atoms with Crippen molar-refractivity contribution in [2.75, 3.05) is 33.3 Å². The van der Waals surface area contributed by atoms with Gasteiger partial charge in [0.25, 0.3) is 0 Å². The van der Waals surface area contributed by atoms with E-state index in [0.717, 1.165) is 19.4 Å². The molecule has 1 aromatic carbocycles. The van der Waals surface area contributed by atoms with Crippen LogP contribution in [0.1, 0.15) is 31.4 Å². The molecule has 2 amide bonds. The molecule has 166 valence electrons. The smallest absolute Gasteiger partial charge is 0.233 e. The Balaban J connectivity index is 1.13. The molecular formula is C24H32N4O3. The number of aliphatic imine (C=N–C) groups is 1. The Hall–Kier alpha value is -2.67. The first-order valence-corrected chi connectivity index (χ1v) is 11.2. The number of hydrogen-bond acceptors (Lipinski definition) is 4. The second kappa shape index (κ2) is 9.64. The van der Waals surface area contributed by atoms with Gasteiger partial charge in [0.1, 0.15) is 0 Å². The molecule has 0 aromatic heterocycles. The maximum atomic E-state index is 12.7. The van der Waals surface area contributed by atoms with Gasteiger partial charge in [0.05, 0.1) is 17.9 Å². The van der Waals surface area contributed by atoms with Gasteiger partial charge in [-0.25, -0.2) is 0 Å². The highest BCUT2D eigenvalue weighted by atomic mass is 16.5. The molecule has 2 fully saturated rings. The number of nitrogens with zero attached hydrogens (tertiary/aromatic N) is 2. The predicted octanol–water partition coefficient (Wildman–Crippen LogP) is 2.13. The molecule has 0 radical (unpaired) electrons. The van der Waals surface area contributed by atoms with Crippen molar-refractivity contribution in [3.05, 3.63) is 48.0 Å². The lowest BCUT2D eigenvalue weighted by atomic mass is 9.85. The fourth-order valence-electron chi connectivity index (χ4n) is 5.05. The van der Waals surface area contributed by atoms with E-state index in [1.54, 1.807) is 7.05 Å². The number of hydrogen-bond donors (Lipinski definition) is 2. The first kappa shape index (κ1) is 21.6. The van der Waals surface area contributed by atoms with Crippen molar-refractivity contribution in [1.82, 2.24) is 15.5 Å². The molecule has 1 saturated carbocycles. The van der Waals surface area contributed by atoms with Crippen molar-refractivity contribution < 1.29 is 14.3 Å². The van der Waals surface area contributed by atoms with Gasteiger partial charge < -0.3 is 15.4 Å². The van der Waals surface area contributed by atoms with Gasteiger partial charge in [-0.3, -0.25) is 19.5 Å². The van der Waals surface area contributed by atoms with E-state index < -0.39 is 0 Å². The minimum atomic E-state index is -0.127. The number of nitrogens with one attached hydrogen (secondary N) is 2. The van der Waals surface area contributed by atoms with E-state index in [2.05, 4.69) is 46.8 Å². The number of benzene rings is 1. The molecule has 1 aromatic rings. The Morgan fingerprint density at radius 1 is 1.10 bits per heavy atom. The Morgan fingerprint density at radius 3 is 2.39 bits per heavy atom. The number of fused-ring (bicyclic) bond motifs is 5. The Labute approximate surface area is 183 Å². The van der Waals surface area contributed by atoms with Crippen molar-refractivity contribution in [2.24, 2.45) is 28.7 Å². The van der Waals surface area contributed by atoms with Crippen LogP contribution in [0.25, 0.3) is 0 Å². The monoisotopic (exact) mass is 424 g/mol. The van der Waals surface area contributed by atoms with E-state index in [1.807, 2.05) is 18.2 Å². The van der Waals surface area contributed by atoms with Crippen molar-refractivity contribution in [1.29, 1.82) is 0 Å². The van der Waals surface area contributed by atoms with Crippen LogP contribution >= 0.6 is 0 Å². The average Bonchev–Trinajstić information content (AvgIpc) is 3.47. The van der Waals surface area contributed by atoms with Crippen LogP contribution in [0.4, 0.5) is 0 Å². The molecule has 2 aliphatic carbocycles. The summed E-state index contributed by atoms with van der Waals surface area (Å²) in [4.78, 5) is 31.1. The number of guanidine groups is 1. The van der Waals surface area contributed by atoms with E-state index in [-0.39, 0.29) is 41.6 Å².